The van der Waals surface area contributed by atoms with E-state index in [0.29, 0.717) is 24.2 Å². The Morgan fingerprint density at radius 1 is 1.50 bits per heavy atom. The topological polar surface area (TPSA) is 67.6 Å². The van der Waals surface area contributed by atoms with E-state index in [1.54, 1.807) is 29.2 Å². The van der Waals surface area contributed by atoms with E-state index >= 15 is 0 Å². The normalized spacial score (nSPS) is 22.1. The molecule has 1 N–H and O–H groups in total. The van der Waals surface area contributed by atoms with Gasteiger partial charge in [-0.25, -0.2) is 0 Å². The van der Waals surface area contributed by atoms with Gasteiger partial charge in [0.25, 0.3) is 5.91 Å². The van der Waals surface area contributed by atoms with Gasteiger partial charge in [0.2, 0.25) is 0 Å². The molecule has 0 saturated carbocycles. The Hall–Kier alpha value is -1.90. The molecule has 2 atom stereocenters. The van der Waals surface area contributed by atoms with Gasteiger partial charge in [0.05, 0.1) is 11.6 Å². The highest BCUT2D eigenvalue weighted by Crippen LogP contribution is 2.22. The van der Waals surface area contributed by atoms with Crippen LogP contribution in [0.1, 0.15) is 15.9 Å². The molecule has 106 valence electrons. The third-order valence-electron chi connectivity index (χ3n) is 3.83. The fourth-order valence-electron chi connectivity index (χ4n) is 2.69. The number of nitriles is 1. The second-order valence-electron chi connectivity index (χ2n) is 5.38. The first-order valence-corrected chi connectivity index (χ1v) is 6.63. The van der Waals surface area contributed by atoms with E-state index in [1.165, 1.54) is 0 Å². The zero-order valence-corrected chi connectivity index (χ0v) is 11.8. The van der Waals surface area contributed by atoms with Crippen LogP contribution in [0.15, 0.2) is 24.3 Å². The van der Waals surface area contributed by atoms with Crippen molar-refractivity contribution in [2.75, 3.05) is 33.8 Å². The van der Waals surface area contributed by atoms with Crippen LogP contribution in [0.4, 0.5) is 0 Å². The maximum atomic E-state index is 12.5. The Balaban J connectivity index is 2.16. The second-order valence-corrected chi connectivity index (χ2v) is 5.38. The summed E-state index contributed by atoms with van der Waals surface area (Å²) in [6.45, 7) is 1.23. The molecule has 0 aromatic heterocycles. The Labute approximate surface area is 119 Å². The summed E-state index contributed by atoms with van der Waals surface area (Å²) >= 11 is 0. The Kier molecular flexibility index (Phi) is 4.38. The summed E-state index contributed by atoms with van der Waals surface area (Å²) in [7, 11) is 3.91. The summed E-state index contributed by atoms with van der Waals surface area (Å²) in [4.78, 5) is 16.3. The number of carbonyl (C=O) groups is 1. The van der Waals surface area contributed by atoms with Gasteiger partial charge in [-0.2, -0.15) is 5.26 Å². The van der Waals surface area contributed by atoms with E-state index in [2.05, 4.69) is 0 Å². The van der Waals surface area contributed by atoms with E-state index in [4.69, 9.17) is 5.26 Å². The third kappa shape index (κ3) is 2.82. The molecule has 0 aliphatic carbocycles. The molecule has 20 heavy (non-hydrogen) atoms. The van der Waals surface area contributed by atoms with Crippen LogP contribution in [0.2, 0.25) is 0 Å². The number of aliphatic hydroxyl groups is 1. The third-order valence-corrected chi connectivity index (χ3v) is 3.83. The lowest BCUT2D eigenvalue weighted by molar-refractivity contribution is 0.0779. The molecule has 1 aromatic carbocycles. The molecular formula is C15H19N3O2. The number of rotatable bonds is 3. The maximum absolute atomic E-state index is 12.5. The quantitative estimate of drug-likeness (QED) is 0.873. The zero-order valence-electron chi connectivity index (χ0n) is 11.8. The summed E-state index contributed by atoms with van der Waals surface area (Å²) in [5.74, 6) is -0.00185. The first-order chi connectivity index (χ1) is 9.56. The van der Waals surface area contributed by atoms with Crippen LogP contribution in [0, 0.1) is 17.2 Å². The van der Waals surface area contributed by atoms with Gasteiger partial charge in [-0.15, -0.1) is 0 Å². The molecule has 1 amide bonds. The zero-order chi connectivity index (χ0) is 14.7. The minimum atomic E-state index is -0.0788. The molecule has 0 radical (unpaired) electrons. The Bertz CT molecular complexity index is 536. The number of likely N-dealkylation sites (N-methyl/N-ethyl adjacent to an activating group) is 1. The van der Waals surface area contributed by atoms with Crippen LogP contribution in [-0.2, 0) is 0 Å². The first kappa shape index (κ1) is 14.5. The minimum Gasteiger partial charge on any atom is -0.396 e. The standard InChI is InChI=1S/C15H19N3O2/c1-17(2)14-9-18(8-13(14)10-19)15(20)12-5-3-4-11(6-12)7-16/h3-6,13-14,19H,8-10H2,1-2H3/t13-,14+/m0/s1. The number of carbonyl (C=O) groups excluding carboxylic acids is 1. The molecule has 0 spiro atoms. The molecule has 1 fully saturated rings. The van der Waals surface area contributed by atoms with Crippen molar-refractivity contribution in [2.24, 2.45) is 5.92 Å². The summed E-state index contributed by atoms with van der Waals surface area (Å²) in [6, 6.07) is 8.94. The van der Waals surface area contributed by atoms with Crippen LogP contribution in [0.5, 0.6) is 0 Å². The van der Waals surface area contributed by atoms with Crippen molar-refractivity contribution in [3.05, 3.63) is 35.4 Å². The van der Waals surface area contributed by atoms with Gasteiger partial charge in [-0.05, 0) is 32.3 Å². The van der Waals surface area contributed by atoms with Gasteiger partial charge in [-0.1, -0.05) is 6.07 Å². The van der Waals surface area contributed by atoms with E-state index in [1.807, 2.05) is 25.1 Å². The minimum absolute atomic E-state index is 0.0743. The average Bonchev–Trinajstić information content (AvgIpc) is 2.91. The van der Waals surface area contributed by atoms with Crippen LogP contribution in [-0.4, -0.2) is 60.6 Å². The van der Waals surface area contributed by atoms with Gasteiger partial charge in [0.1, 0.15) is 0 Å². The lowest BCUT2D eigenvalue weighted by Crippen LogP contribution is -2.37. The number of benzene rings is 1. The van der Waals surface area contributed by atoms with Crippen molar-refractivity contribution in [1.29, 1.82) is 5.26 Å². The average molecular weight is 273 g/mol. The highest BCUT2D eigenvalue weighted by molar-refractivity contribution is 5.94. The van der Waals surface area contributed by atoms with Crippen molar-refractivity contribution < 1.29 is 9.90 Å². The SMILES string of the molecule is CN(C)[C@@H]1CN(C(=O)c2cccc(C#N)c2)C[C@H]1CO. The molecule has 1 aromatic rings. The molecule has 2 rings (SSSR count). The number of hydrogen-bond acceptors (Lipinski definition) is 4. The summed E-state index contributed by atoms with van der Waals surface area (Å²) < 4.78 is 0. The molecule has 0 unspecified atom stereocenters. The molecular weight excluding hydrogens is 254 g/mol. The fraction of sp³-hybridized carbons (Fsp3) is 0.467. The van der Waals surface area contributed by atoms with Crippen molar-refractivity contribution in [3.8, 4) is 6.07 Å². The number of aliphatic hydroxyl groups excluding tert-OH is 1. The van der Waals surface area contributed by atoms with Crippen molar-refractivity contribution >= 4 is 5.91 Å². The van der Waals surface area contributed by atoms with E-state index < -0.39 is 0 Å². The fourth-order valence-corrected chi connectivity index (χ4v) is 2.69. The second kappa shape index (κ2) is 6.04. The van der Waals surface area contributed by atoms with Gasteiger partial charge in [0, 0.05) is 37.2 Å². The number of hydrogen-bond donors (Lipinski definition) is 1. The number of amides is 1. The lowest BCUT2D eigenvalue weighted by atomic mass is 10.0. The summed E-state index contributed by atoms with van der Waals surface area (Å²) in [5.41, 5.74) is 1.01. The van der Waals surface area contributed by atoms with Crippen molar-refractivity contribution in [2.45, 2.75) is 6.04 Å². The molecule has 0 bridgehead atoms. The Morgan fingerprint density at radius 3 is 2.80 bits per heavy atom. The van der Waals surface area contributed by atoms with E-state index in [0.717, 1.165) is 0 Å². The van der Waals surface area contributed by atoms with Gasteiger partial charge >= 0.3 is 0 Å². The molecule has 1 aliphatic rings. The maximum Gasteiger partial charge on any atom is 0.253 e. The Morgan fingerprint density at radius 2 is 2.25 bits per heavy atom. The largest absolute Gasteiger partial charge is 0.396 e. The van der Waals surface area contributed by atoms with E-state index in [-0.39, 0.29) is 24.5 Å². The number of nitrogens with zero attached hydrogens (tertiary/aromatic N) is 3. The van der Waals surface area contributed by atoms with Gasteiger partial charge < -0.3 is 14.9 Å². The predicted octanol–water partition coefficient (Wildman–Crippen LogP) is 0.553. The smallest absolute Gasteiger partial charge is 0.253 e. The number of likely N-dealkylation sites (tertiary alicyclic amines) is 1. The van der Waals surface area contributed by atoms with Crippen LogP contribution in [0.3, 0.4) is 0 Å². The van der Waals surface area contributed by atoms with Crippen molar-refractivity contribution in [3.63, 3.8) is 0 Å². The highest BCUT2D eigenvalue weighted by Gasteiger charge is 2.36. The first-order valence-electron chi connectivity index (χ1n) is 6.63. The van der Waals surface area contributed by atoms with Crippen LogP contribution >= 0.6 is 0 Å². The van der Waals surface area contributed by atoms with E-state index in [9.17, 15) is 9.90 Å². The molecule has 5 nitrogen and oxygen atoms in total. The predicted molar refractivity (Wildman–Crippen MR) is 75.1 cm³/mol. The van der Waals surface area contributed by atoms with Gasteiger partial charge in [-0.3, -0.25) is 4.79 Å². The van der Waals surface area contributed by atoms with Crippen LogP contribution in [0.25, 0.3) is 0 Å². The molecule has 1 heterocycles. The highest BCUT2D eigenvalue weighted by atomic mass is 16.3. The van der Waals surface area contributed by atoms with Gasteiger partial charge in [0.15, 0.2) is 0 Å². The molecule has 1 aliphatic heterocycles. The van der Waals surface area contributed by atoms with Crippen molar-refractivity contribution in [1.82, 2.24) is 9.80 Å². The molecule has 5 heteroatoms. The molecule has 1 saturated heterocycles. The lowest BCUT2D eigenvalue weighted by Gasteiger charge is -2.23. The monoisotopic (exact) mass is 273 g/mol. The summed E-state index contributed by atoms with van der Waals surface area (Å²) in [5, 5.41) is 18.3. The summed E-state index contributed by atoms with van der Waals surface area (Å²) in [6.07, 6.45) is 0. The van der Waals surface area contributed by atoms with Crippen LogP contribution < -0.4 is 0 Å².